The number of aliphatic imine (C=N–C) groups is 1. The number of hydrogen-bond acceptors (Lipinski definition) is 4. The van der Waals surface area contributed by atoms with Gasteiger partial charge in [-0.1, -0.05) is 11.6 Å². The first-order valence-corrected chi connectivity index (χ1v) is 8.92. The highest BCUT2D eigenvalue weighted by Crippen LogP contribution is 2.53. The fourth-order valence-electron chi connectivity index (χ4n) is 4.07. The van der Waals surface area contributed by atoms with Crippen LogP contribution < -0.4 is 0 Å². The number of nitrogens with zero attached hydrogens (tertiary/aromatic N) is 3. The number of alkyl halides is 7. The lowest BCUT2D eigenvalue weighted by molar-refractivity contribution is -0.166. The van der Waals surface area contributed by atoms with Crippen LogP contribution in [0, 0.1) is 5.92 Å². The molecule has 3 aliphatic rings. The van der Waals surface area contributed by atoms with Crippen molar-refractivity contribution in [1.29, 1.82) is 0 Å². The number of fused-ring (bicyclic) bond motifs is 3. The number of amidine groups is 1. The molecule has 3 heterocycles. The van der Waals surface area contributed by atoms with E-state index in [1.807, 2.05) is 0 Å². The SMILES string of the molecule is FC(F)OC1=CC(C(F)(F)F)CN2CC3(CCC(F)(F)c4c3ccnc4Cl)N=C12. The van der Waals surface area contributed by atoms with Crippen molar-refractivity contribution >= 4 is 17.4 Å². The Hall–Kier alpha value is -2.04. The van der Waals surface area contributed by atoms with Crippen LogP contribution in [0.25, 0.3) is 0 Å². The van der Waals surface area contributed by atoms with Gasteiger partial charge >= 0.3 is 12.8 Å². The number of ether oxygens (including phenoxy) is 1. The Labute approximate surface area is 165 Å². The Balaban J connectivity index is 1.81. The summed E-state index contributed by atoms with van der Waals surface area (Å²) in [5.74, 6) is -6.28. The number of aromatic nitrogens is 1. The Kier molecular flexibility index (Phi) is 4.52. The maximum atomic E-state index is 14.5. The third-order valence-electron chi connectivity index (χ3n) is 5.32. The van der Waals surface area contributed by atoms with Crippen molar-refractivity contribution in [2.45, 2.75) is 37.1 Å². The van der Waals surface area contributed by atoms with Gasteiger partial charge in [0.15, 0.2) is 11.6 Å². The molecule has 2 unspecified atom stereocenters. The number of pyridine rings is 1. The number of rotatable bonds is 2. The quantitative estimate of drug-likeness (QED) is 0.485. The van der Waals surface area contributed by atoms with E-state index in [4.69, 9.17) is 11.6 Å². The second-order valence-corrected chi connectivity index (χ2v) is 7.49. The summed E-state index contributed by atoms with van der Waals surface area (Å²) in [7, 11) is 0. The first-order valence-electron chi connectivity index (χ1n) is 8.55. The molecule has 0 radical (unpaired) electrons. The molecule has 0 N–H and O–H groups in total. The summed E-state index contributed by atoms with van der Waals surface area (Å²) in [6.07, 6.45) is -3.80. The van der Waals surface area contributed by atoms with Crippen molar-refractivity contribution in [3.8, 4) is 0 Å². The molecular formula is C17H13ClF7N3O. The van der Waals surface area contributed by atoms with E-state index in [0.29, 0.717) is 6.08 Å². The van der Waals surface area contributed by atoms with Crippen LogP contribution >= 0.6 is 11.6 Å². The molecule has 4 nitrogen and oxygen atoms in total. The third kappa shape index (κ3) is 3.32. The van der Waals surface area contributed by atoms with Gasteiger partial charge in [-0.25, -0.2) is 13.8 Å². The standard InChI is InChI=1S/C17H13ClF7N3O/c18-12-11-9(1-4-26-12)15(2-3-16(11,21)22)7-28-6-8(17(23,24)25)5-10(13(28)27-15)29-14(19)20/h1,4-5,8,14H,2-3,6-7H2. The molecule has 0 aromatic carbocycles. The highest BCUT2D eigenvalue weighted by Gasteiger charge is 2.55. The molecule has 29 heavy (non-hydrogen) atoms. The smallest absolute Gasteiger partial charge is 0.396 e. The maximum Gasteiger partial charge on any atom is 0.396 e. The molecule has 4 rings (SSSR count). The van der Waals surface area contributed by atoms with Crippen molar-refractivity contribution in [1.82, 2.24) is 9.88 Å². The second-order valence-electron chi connectivity index (χ2n) is 7.13. The van der Waals surface area contributed by atoms with Crippen molar-refractivity contribution in [2.75, 3.05) is 13.1 Å². The highest BCUT2D eigenvalue weighted by molar-refractivity contribution is 6.30. The summed E-state index contributed by atoms with van der Waals surface area (Å²) < 4.78 is 98.6. The Morgan fingerprint density at radius 1 is 1.24 bits per heavy atom. The van der Waals surface area contributed by atoms with Crippen LogP contribution in [-0.4, -0.2) is 41.6 Å². The lowest BCUT2D eigenvalue weighted by Crippen LogP contribution is -2.46. The Morgan fingerprint density at radius 2 is 1.97 bits per heavy atom. The van der Waals surface area contributed by atoms with Gasteiger partial charge in [-0.2, -0.15) is 22.0 Å². The minimum atomic E-state index is -4.69. The van der Waals surface area contributed by atoms with Gasteiger partial charge in [0, 0.05) is 25.7 Å². The van der Waals surface area contributed by atoms with Gasteiger partial charge in [-0.15, -0.1) is 0 Å². The van der Waals surface area contributed by atoms with Crippen LogP contribution in [0.2, 0.25) is 5.15 Å². The molecule has 2 aliphatic heterocycles. The topological polar surface area (TPSA) is 37.7 Å². The summed E-state index contributed by atoms with van der Waals surface area (Å²) in [6.45, 7) is -4.14. The molecule has 1 spiro atoms. The van der Waals surface area contributed by atoms with Crippen LogP contribution in [0.15, 0.2) is 29.1 Å². The van der Waals surface area contributed by atoms with E-state index in [2.05, 4.69) is 14.7 Å². The normalized spacial score (nSPS) is 28.2. The van der Waals surface area contributed by atoms with Gasteiger partial charge in [0.2, 0.25) is 0 Å². The minimum Gasteiger partial charge on any atom is -0.431 e. The lowest BCUT2D eigenvalue weighted by Gasteiger charge is -2.38. The average molecular weight is 444 g/mol. The largest absolute Gasteiger partial charge is 0.431 e. The predicted molar refractivity (Wildman–Crippen MR) is 87.8 cm³/mol. The zero-order chi connectivity index (χ0) is 21.2. The monoisotopic (exact) mass is 443 g/mol. The molecule has 0 bridgehead atoms. The number of hydrogen-bond donors (Lipinski definition) is 0. The predicted octanol–water partition coefficient (Wildman–Crippen LogP) is 4.85. The van der Waals surface area contributed by atoms with E-state index >= 15 is 0 Å². The molecule has 0 saturated carbocycles. The van der Waals surface area contributed by atoms with E-state index in [0.717, 1.165) is 4.90 Å². The number of halogens is 8. The summed E-state index contributed by atoms with van der Waals surface area (Å²) >= 11 is 5.88. The van der Waals surface area contributed by atoms with E-state index in [9.17, 15) is 30.7 Å². The summed E-state index contributed by atoms with van der Waals surface area (Å²) in [4.78, 5) is 9.15. The fourth-order valence-corrected chi connectivity index (χ4v) is 4.37. The summed E-state index contributed by atoms with van der Waals surface area (Å²) in [5.41, 5.74) is -1.87. The Bertz CT molecular complexity index is 902. The van der Waals surface area contributed by atoms with Crippen LogP contribution in [-0.2, 0) is 16.2 Å². The van der Waals surface area contributed by atoms with E-state index in [-0.39, 0.29) is 24.4 Å². The van der Waals surface area contributed by atoms with Crippen LogP contribution in [0.3, 0.4) is 0 Å². The molecular weight excluding hydrogens is 431 g/mol. The minimum absolute atomic E-state index is 0.0237. The zero-order valence-corrected chi connectivity index (χ0v) is 15.2. The van der Waals surface area contributed by atoms with E-state index in [1.165, 1.54) is 12.3 Å². The first kappa shape index (κ1) is 20.2. The van der Waals surface area contributed by atoms with Crippen LogP contribution in [0.4, 0.5) is 30.7 Å². The van der Waals surface area contributed by atoms with E-state index in [1.54, 1.807) is 0 Å². The molecule has 158 valence electrons. The van der Waals surface area contributed by atoms with Crippen molar-refractivity contribution in [2.24, 2.45) is 10.9 Å². The molecule has 0 fully saturated rings. The average Bonchev–Trinajstić information content (AvgIpc) is 2.97. The van der Waals surface area contributed by atoms with Crippen molar-refractivity contribution in [3.05, 3.63) is 40.4 Å². The van der Waals surface area contributed by atoms with Gasteiger partial charge < -0.3 is 9.64 Å². The highest BCUT2D eigenvalue weighted by atomic mass is 35.5. The van der Waals surface area contributed by atoms with Crippen molar-refractivity contribution in [3.63, 3.8) is 0 Å². The van der Waals surface area contributed by atoms with Gasteiger partial charge in [0.05, 0.1) is 11.5 Å². The van der Waals surface area contributed by atoms with Gasteiger partial charge in [-0.3, -0.25) is 4.99 Å². The van der Waals surface area contributed by atoms with Gasteiger partial charge in [-0.05, 0) is 24.1 Å². The summed E-state index contributed by atoms with van der Waals surface area (Å²) in [6, 6.07) is 1.29. The second kappa shape index (κ2) is 6.48. The Morgan fingerprint density at radius 3 is 2.62 bits per heavy atom. The van der Waals surface area contributed by atoms with Crippen LogP contribution in [0.5, 0.6) is 0 Å². The van der Waals surface area contributed by atoms with Gasteiger partial charge in [0.25, 0.3) is 5.92 Å². The molecule has 1 aliphatic carbocycles. The third-order valence-corrected chi connectivity index (χ3v) is 5.61. The zero-order valence-electron chi connectivity index (χ0n) is 14.5. The molecule has 0 amide bonds. The van der Waals surface area contributed by atoms with Crippen LogP contribution in [0.1, 0.15) is 24.0 Å². The summed E-state index contributed by atoms with van der Waals surface area (Å²) in [5, 5.41) is -0.426. The first-order chi connectivity index (χ1) is 13.4. The van der Waals surface area contributed by atoms with Gasteiger partial charge in [0.1, 0.15) is 10.7 Å². The molecule has 2 atom stereocenters. The molecule has 0 saturated heterocycles. The molecule has 1 aromatic heterocycles. The van der Waals surface area contributed by atoms with E-state index < -0.39 is 59.6 Å². The molecule has 1 aromatic rings. The lowest BCUT2D eigenvalue weighted by atomic mass is 9.76. The molecule has 12 heteroatoms. The van der Waals surface area contributed by atoms with Crippen molar-refractivity contribution < 1.29 is 35.5 Å². The maximum absolute atomic E-state index is 14.5. The fraction of sp³-hybridized carbons (Fsp3) is 0.529.